The fourth-order valence-corrected chi connectivity index (χ4v) is 1.87. The number of ether oxygens (including phenoxy) is 1. The summed E-state index contributed by atoms with van der Waals surface area (Å²) >= 11 is 6.04. The molecule has 0 aliphatic heterocycles. The minimum absolute atomic E-state index is 0.160. The summed E-state index contributed by atoms with van der Waals surface area (Å²) in [6.45, 7) is 4.42. The minimum atomic E-state index is -0.348. The molecule has 1 aromatic heterocycles. The molecule has 1 aromatic rings. The normalized spacial score (nSPS) is 10.1. The SMILES string of the molecule is CCN(CCC(=O)OC)C(=O)c1cnc(C)cc1Cl. The third-order valence-corrected chi connectivity index (χ3v) is 3.02. The molecule has 0 N–H and O–H groups in total. The van der Waals surface area contributed by atoms with Gasteiger partial charge < -0.3 is 9.64 Å². The highest BCUT2D eigenvalue weighted by Crippen LogP contribution is 2.17. The zero-order valence-electron chi connectivity index (χ0n) is 11.3. The first-order valence-corrected chi connectivity index (χ1v) is 6.35. The lowest BCUT2D eigenvalue weighted by Crippen LogP contribution is -2.33. The molecule has 0 saturated heterocycles. The Morgan fingerprint density at radius 2 is 2.16 bits per heavy atom. The van der Waals surface area contributed by atoms with E-state index in [-0.39, 0.29) is 18.3 Å². The van der Waals surface area contributed by atoms with E-state index < -0.39 is 0 Å². The number of rotatable bonds is 5. The van der Waals surface area contributed by atoms with Crippen LogP contribution in [0.1, 0.15) is 29.4 Å². The molecular formula is C13H17ClN2O3. The maximum absolute atomic E-state index is 12.3. The lowest BCUT2D eigenvalue weighted by atomic mass is 10.2. The van der Waals surface area contributed by atoms with Crippen molar-refractivity contribution >= 4 is 23.5 Å². The van der Waals surface area contributed by atoms with E-state index in [9.17, 15) is 9.59 Å². The fourth-order valence-electron chi connectivity index (χ4n) is 1.59. The average molecular weight is 285 g/mol. The number of aromatic nitrogens is 1. The van der Waals surface area contributed by atoms with Gasteiger partial charge in [-0.15, -0.1) is 0 Å². The molecule has 0 radical (unpaired) electrons. The van der Waals surface area contributed by atoms with E-state index in [0.717, 1.165) is 5.69 Å². The van der Waals surface area contributed by atoms with Gasteiger partial charge in [0.15, 0.2) is 0 Å². The van der Waals surface area contributed by atoms with Crippen molar-refractivity contribution in [3.63, 3.8) is 0 Å². The third-order valence-electron chi connectivity index (χ3n) is 2.70. The summed E-state index contributed by atoms with van der Waals surface area (Å²) in [5.41, 5.74) is 1.10. The third kappa shape index (κ3) is 4.21. The molecule has 0 aromatic carbocycles. The van der Waals surface area contributed by atoms with Gasteiger partial charge in [-0.05, 0) is 19.9 Å². The number of amides is 1. The van der Waals surface area contributed by atoms with Crippen molar-refractivity contribution in [2.24, 2.45) is 0 Å². The molecule has 1 rings (SSSR count). The zero-order valence-corrected chi connectivity index (χ0v) is 12.0. The van der Waals surface area contributed by atoms with Crippen LogP contribution in [0.3, 0.4) is 0 Å². The summed E-state index contributed by atoms with van der Waals surface area (Å²) in [5, 5.41) is 0.369. The van der Waals surface area contributed by atoms with Crippen molar-refractivity contribution in [3.8, 4) is 0 Å². The second-order valence-electron chi connectivity index (χ2n) is 4.02. The summed E-state index contributed by atoms with van der Waals surface area (Å²) in [4.78, 5) is 29.0. The summed E-state index contributed by atoms with van der Waals surface area (Å²) in [5.74, 6) is -0.580. The summed E-state index contributed by atoms with van der Waals surface area (Å²) in [6.07, 6.45) is 1.62. The number of methoxy groups -OCH3 is 1. The molecule has 1 amide bonds. The highest BCUT2D eigenvalue weighted by atomic mass is 35.5. The van der Waals surface area contributed by atoms with Gasteiger partial charge in [0.1, 0.15) is 0 Å². The molecule has 0 unspecified atom stereocenters. The lowest BCUT2D eigenvalue weighted by molar-refractivity contribution is -0.140. The smallest absolute Gasteiger partial charge is 0.307 e. The predicted molar refractivity (Wildman–Crippen MR) is 72.2 cm³/mol. The Hall–Kier alpha value is -1.62. The van der Waals surface area contributed by atoms with E-state index in [1.807, 2.05) is 6.92 Å². The van der Waals surface area contributed by atoms with Gasteiger partial charge in [0, 0.05) is 25.0 Å². The first-order chi connectivity index (χ1) is 8.99. The van der Waals surface area contributed by atoms with Gasteiger partial charge in [0.2, 0.25) is 0 Å². The van der Waals surface area contributed by atoms with Gasteiger partial charge in [-0.3, -0.25) is 14.6 Å². The molecule has 0 saturated carbocycles. The van der Waals surface area contributed by atoms with E-state index in [1.54, 1.807) is 13.0 Å². The molecular weight excluding hydrogens is 268 g/mol. The van der Waals surface area contributed by atoms with Crippen LogP contribution in [0, 0.1) is 6.92 Å². The van der Waals surface area contributed by atoms with E-state index in [4.69, 9.17) is 11.6 Å². The fraction of sp³-hybridized carbons (Fsp3) is 0.462. The Kier molecular flexibility index (Phi) is 5.76. The van der Waals surface area contributed by atoms with Crippen molar-refractivity contribution in [3.05, 3.63) is 28.5 Å². The molecule has 5 nitrogen and oxygen atoms in total. The second-order valence-corrected chi connectivity index (χ2v) is 4.42. The highest BCUT2D eigenvalue weighted by Gasteiger charge is 2.18. The van der Waals surface area contributed by atoms with Gasteiger partial charge in [-0.2, -0.15) is 0 Å². The number of aryl methyl sites for hydroxylation is 1. The monoisotopic (exact) mass is 284 g/mol. The molecule has 0 fully saturated rings. The maximum Gasteiger partial charge on any atom is 0.307 e. The Morgan fingerprint density at radius 3 is 2.68 bits per heavy atom. The van der Waals surface area contributed by atoms with Crippen LogP contribution in [0.2, 0.25) is 5.02 Å². The number of carbonyl (C=O) groups excluding carboxylic acids is 2. The Balaban J connectivity index is 2.80. The maximum atomic E-state index is 12.3. The van der Waals surface area contributed by atoms with Crippen molar-refractivity contribution in [1.29, 1.82) is 0 Å². The molecule has 6 heteroatoms. The number of carbonyl (C=O) groups is 2. The predicted octanol–water partition coefficient (Wildman–Crippen LogP) is 2.07. The number of nitrogens with zero attached hydrogens (tertiary/aromatic N) is 2. The standard InChI is InChI=1S/C13H17ClN2O3/c1-4-16(6-5-12(17)19-3)13(18)10-8-15-9(2)7-11(10)14/h7-8H,4-6H2,1-3H3. The van der Waals surface area contributed by atoms with E-state index in [0.29, 0.717) is 23.7 Å². The topological polar surface area (TPSA) is 59.5 Å². The molecule has 0 aliphatic carbocycles. The molecule has 104 valence electrons. The molecule has 19 heavy (non-hydrogen) atoms. The Bertz CT molecular complexity index is 477. The van der Waals surface area contributed by atoms with E-state index in [1.165, 1.54) is 18.2 Å². The summed E-state index contributed by atoms with van der Waals surface area (Å²) in [6, 6.07) is 1.64. The van der Waals surface area contributed by atoms with Crippen LogP contribution < -0.4 is 0 Å². The number of halogens is 1. The number of pyridine rings is 1. The minimum Gasteiger partial charge on any atom is -0.469 e. The molecule has 1 heterocycles. The zero-order chi connectivity index (χ0) is 14.4. The van der Waals surface area contributed by atoms with Crippen LogP contribution in [-0.4, -0.2) is 42.0 Å². The van der Waals surface area contributed by atoms with Crippen molar-refractivity contribution < 1.29 is 14.3 Å². The van der Waals surface area contributed by atoms with Gasteiger partial charge >= 0.3 is 5.97 Å². The molecule has 0 bridgehead atoms. The van der Waals surface area contributed by atoms with Crippen LogP contribution in [0.25, 0.3) is 0 Å². The van der Waals surface area contributed by atoms with Crippen LogP contribution in [-0.2, 0) is 9.53 Å². The first-order valence-electron chi connectivity index (χ1n) is 5.97. The van der Waals surface area contributed by atoms with Gasteiger partial charge in [-0.25, -0.2) is 0 Å². The lowest BCUT2D eigenvalue weighted by Gasteiger charge is -2.20. The van der Waals surface area contributed by atoms with Gasteiger partial charge in [0.05, 0.1) is 24.1 Å². The summed E-state index contributed by atoms with van der Waals surface area (Å²) < 4.78 is 4.55. The van der Waals surface area contributed by atoms with Gasteiger partial charge in [0.25, 0.3) is 5.91 Å². The highest BCUT2D eigenvalue weighted by molar-refractivity contribution is 6.33. The van der Waals surface area contributed by atoms with Gasteiger partial charge in [-0.1, -0.05) is 11.6 Å². The molecule has 0 spiro atoms. The summed E-state index contributed by atoms with van der Waals surface area (Å²) in [7, 11) is 1.32. The largest absolute Gasteiger partial charge is 0.469 e. The van der Waals surface area contributed by atoms with Crippen LogP contribution in [0.4, 0.5) is 0 Å². The number of hydrogen-bond acceptors (Lipinski definition) is 4. The van der Waals surface area contributed by atoms with E-state index in [2.05, 4.69) is 9.72 Å². The van der Waals surface area contributed by atoms with E-state index >= 15 is 0 Å². The average Bonchev–Trinajstić information content (AvgIpc) is 2.38. The Labute approximate surface area is 117 Å². The molecule has 0 aliphatic rings. The number of hydrogen-bond donors (Lipinski definition) is 0. The first kappa shape index (κ1) is 15.4. The van der Waals surface area contributed by atoms with Crippen LogP contribution in [0.15, 0.2) is 12.3 Å². The quantitative estimate of drug-likeness (QED) is 0.777. The van der Waals surface area contributed by atoms with Crippen LogP contribution >= 0.6 is 11.6 Å². The second kappa shape index (κ2) is 7.09. The van der Waals surface area contributed by atoms with Crippen LogP contribution in [0.5, 0.6) is 0 Å². The molecule has 0 atom stereocenters. The Morgan fingerprint density at radius 1 is 1.47 bits per heavy atom. The van der Waals surface area contributed by atoms with Crippen molar-refractivity contribution in [1.82, 2.24) is 9.88 Å². The van der Waals surface area contributed by atoms with Crippen molar-refractivity contribution in [2.75, 3.05) is 20.2 Å². The van der Waals surface area contributed by atoms with Crippen molar-refractivity contribution in [2.45, 2.75) is 20.3 Å². The number of esters is 1.